The van der Waals surface area contributed by atoms with Crippen LogP contribution in [0.5, 0.6) is 0 Å². The number of hydrogen-bond acceptors (Lipinski definition) is 3. The zero-order chi connectivity index (χ0) is 10.2. The second kappa shape index (κ2) is 3.73. The van der Waals surface area contributed by atoms with E-state index < -0.39 is 0 Å². The Bertz CT molecular complexity index is 212. The highest BCUT2D eigenvalue weighted by Crippen LogP contribution is 2.33. The molecule has 0 aromatic carbocycles. The van der Waals surface area contributed by atoms with Crippen molar-refractivity contribution in [1.82, 2.24) is 5.32 Å². The minimum absolute atomic E-state index is 0.0414. The van der Waals surface area contributed by atoms with E-state index in [0.29, 0.717) is 11.7 Å². The highest BCUT2D eigenvalue weighted by molar-refractivity contribution is 7.81. The highest BCUT2D eigenvalue weighted by Gasteiger charge is 2.44. The van der Waals surface area contributed by atoms with Gasteiger partial charge in [-0.15, -0.1) is 0 Å². The van der Waals surface area contributed by atoms with Crippen molar-refractivity contribution < 1.29 is 4.79 Å². The van der Waals surface area contributed by atoms with Crippen LogP contribution >= 0.6 is 25.3 Å². The lowest BCUT2D eigenvalue weighted by Gasteiger charge is -2.29. The quantitative estimate of drug-likeness (QED) is 0.602. The van der Waals surface area contributed by atoms with Crippen molar-refractivity contribution in [1.29, 1.82) is 0 Å². The molecule has 1 N–H and O–H groups in total. The molecule has 3 atom stereocenters. The SMILES string of the molecule is CC1C(CS)C(=O)NC1C(C)(C)S. The van der Waals surface area contributed by atoms with E-state index in [0.717, 1.165) is 0 Å². The Kier molecular flexibility index (Phi) is 3.23. The van der Waals surface area contributed by atoms with Crippen molar-refractivity contribution in [2.45, 2.75) is 31.6 Å². The maximum absolute atomic E-state index is 11.5. The molecule has 1 saturated heterocycles. The van der Waals surface area contributed by atoms with Gasteiger partial charge in [-0.3, -0.25) is 4.79 Å². The molecule has 0 aromatic rings. The first kappa shape index (κ1) is 11.2. The highest BCUT2D eigenvalue weighted by atomic mass is 32.1. The second-order valence-corrected chi connectivity index (χ2v) is 5.81. The summed E-state index contributed by atoms with van der Waals surface area (Å²) in [7, 11) is 0. The molecule has 0 aromatic heterocycles. The first-order valence-electron chi connectivity index (χ1n) is 4.51. The Morgan fingerprint density at radius 1 is 1.54 bits per heavy atom. The molecule has 3 unspecified atom stereocenters. The average molecular weight is 219 g/mol. The molecule has 0 aliphatic carbocycles. The van der Waals surface area contributed by atoms with Gasteiger partial charge in [0.1, 0.15) is 0 Å². The lowest BCUT2D eigenvalue weighted by atomic mass is 9.87. The van der Waals surface area contributed by atoms with Crippen LogP contribution in [0.25, 0.3) is 0 Å². The molecule has 1 aliphatic rings. The summed E-state index contributed by atoms with van der Waals surface area (Å²) in [5, 5.41) is 2.98. The molecule has 1 rings (SSSR count). The lowest BCUT2D eigenvalue weighted by Crippen LogP contribution is -2.43. The Morgan fingerprint density at radius 3 is 2.31 bits per heavy atom. The molecule has 0 saturated carbocycles. The van der Waals surface area contributed by atoms with E-state index in [4.69, 9.17) is 0 Å². The van der Waals surface area contributed by atoms with Gasteiger partial charge in [-0.25, -0.2) is 0 Å². The standard InChI is InChI=1S/C9H17NOS2/c1-5-6(4-12)8(11)10-7(5)9(2,3)13/h5-7,12-13H,4H2,1-3H3,(H,10,11). The van der Waals surface area contributed by atoms with Crippen LogP contribution in [0.15, 0.2) is 0 Å². The third-order valence-electron chi connectivity index (χ3n) is 2.75. The van der Waals surface area contributed by atoms with Crippen LogP contribution in [0, 0.1) is 11.8 Å². The van der Waals surface area contributed by atoms with Crippen LogP contribution < -0.4 is 5.32 Å². The molecule has 1 aliphatic heterocycles. The van der Waals surface area contributed by atoms with E-state index >= 15 is 0 Å². The molecule has 2 nitrogen and oxygen atoms in total. The van der Waals surface area contributed by atoms with E-state index in [9.17, 15) is 4.79 Å². The fourth-order valence-corrected chi connectivity index (χ4v) is 2.73. The van der Waals surface area contributed by atoms with Gasteiger partial charge in [0.05, 0.1) is 5.92 Å². The van der Waals surface area contributed by atoms with Crippen molar-refractivity contribution in [2.24, 2.45) is 11.8 Å². The topological polar surface area (TPSA) is 29.1 Å². The molecule has 1 heterocycles. The minimum atomic E-state index is -0.160. The van der Waals surface area contributed by atoms with Gasteiger partial charge >= 0.3 is 0 Å². The first-order chi connectivity index (χ1) is 5.88. The Labute approximate surface area is 90.7 Å². The van der Waals surface area contributed by atoms with E-state index in [1.165, 1.54) is 0 Å². The number of rotatable bonds is 2. The fourth-order valence-electron chi connectivity index (χ4n) is 1.93. The predicted molar refractivity (Wildman–Crippen MR) is 61.5 cm³/mol. The van der Waals surface area contributed by atoms with Gasteiger partial charge in [-0.2, -0.15) is 25.3 Å². The van der Waals surface area contributed by atoms with Gasteiger partial charge in [0.2, 0.25) is 5.91 Å². The van der Waals surface area contributed by atoms with Crippen LogP contribution in [0.4, 0.5) is 0 Å². The first-order valence-corrected chi connectivity index (χ1v) is 5.59. The molecule has 4 heteroatoms. The average Bonchev–Trinajstić information content (AvgIpc) is 2.25. The van der Waals surface area contributed by atoms with Gasteiger partial charge in [-0.05, 0) is 19.8 Å². The summed E-state index contributed by atoms with van der Waals surface area (Å²) in [4.78, 5) is 11.5. The van der Waals surface area contributed by atoms with Crippen molar-refractivity contribution in [3.05, 3.63) is 0 Å². The van der Waals surface area contributed by atoms with Gasteiger partial charge in [-0.1, -0.05) is 6.92 Å². The third kappa shape index (κ3) is 2.15. The molecule has 1 fully saturated rings. The Morgan fingerprint density at radius 2 is 2.08 bits per heavy atom. The summed E-state index contributed by atoms with van der Waals surface area (Å²) in [6.07, 6.45) is 0. The largest absolute Gasteiger partial charge is 0.351 e. The molecule has 1 amide bonds. The third-order valence-corrected chi connectivity index (χ3v) is 3.42. The summed E-state index contributed by atoms with van der Waals surface area (Å²) in [6, 6.07) is 0.153. The Balaban J connectivity index is 2.79. The maximum atomic E-state index is 11.5. The van der Waals surface area contributed by atoms with E-state index in [2.05, 4.69) is 37.5 Å². The molecular weight excluding hydrogens is 202 g/mol. The van der Waals surface area contributed by atoms with Crippen LogP contribution in [-0.2, 0) is 4.79 Å². The van der Waals surface area contributed by atoms with Crippen LogP contribution in [0.2, 0.25) is 0 Å². The smallest absolute Gasteiger partial charge is 0.224 e. The van der Waals surface area contributed by atoms with E-state index in [1.807, 2.05) is 13.8 Å². The number of carbonyl (C=O) groups is 1. The molecule has 76 valence electrons. The van der Waals surface area contributed by atoms with Gasteiger partial charge in [0.25, 0.3) is 0 Å². The summed E-state index contributed by atoms with van der Waals surface area (Å²) in [5.41, 5.74) is 0. The van der Waals surface area contributed by atoms with E-state index in [1.54, 1.807) is 0 Å². The van der Waals surface area contributed by atoms with Gasteiger partial charge in [0.15, 0.2) is 0 Å². The second-order valence-electron chi connectivity index (χ2n) is 4.29. The molecule has 0 bridgehead atoms. The minimum Gasteiger partial charge on any atom is -0.351 e. The summed E-state index contributed by atoms with van der Waals surface area (Å²) in [5.74, 6) is 1.10. The number of amides is 1. The van der Waals surface area contributed by atoms with Crippen LogP contribution in [0.1, 0.15) is 20.8 Å². The van der Waals surface area contributed by atoms with Crippen molar-refractivity contribution in [3.8, 4) is 0 Å². The van der Waals surface area contributed by atoms with Crippen molar-refractivity contribution in [3.63, 3.8) is 0 Å². The van der Waals surface area contributed by atoms with Gasteiger partial charge in [0, 0.05) is 16.5 Å². The van der Waals surface area contributed by atoms with Crippen molar-refractivity contribution >= 4 is 31.2 Å². The lowest BCUT2D eigenvalue weighted by molar-refractivity contribution is -0.122. The predicted octanol–water partition coefficient (Wildman–Crippen LogP) is 1.38. The maximum Gasteiger partial charge on any atom is 0.224 e. The number of hydrogen-bond donors (Lipinski definition) is 3. The van der Waals surface area contributed by atoms with Crippen LogP contribution in [0.3, 0.4) is 0 Å². The summed E-state index contributed by atoms with van der Waals surface area (Å²) >= 11 is 8.67. The summed E-state index contributed by atoms with van der Waals surface area (Å²) < 4.78 is -0.160. The zero-order valence-corrected chi connectivity index (χ0v) is 10.0. The summed E-state index contributed by atoms with van der Waals surface area (Å²) in [6.45, 7) is 6.14. The molecule has 0 radical (unpaired) electrons. The van der Waals surface area contributed by atoms with Crippen molar-refractivity contribution in [2.75, 3.05) is 5.75 Å². The van der Waals surface area contributed by atoms with Crippen LogP contribution in [-0.4, -0.2) is 22.4 Å². The number of thiol groups is 2. The number of carbonyl (C=O) groups excluding carboxylic acids is 1. The molecule has 13 heavy (non-hydrogen) atoms. The zero-order valence-electron chi connectivity index (χ0n) is 8.24. The molecule has 0 spiro atoms. The Hall–Kier alpha value is 0.170. The molecular formula is C9H17NOS2. The van der Waals surface area contributed by atoms with E-state index in [-0.39, 0.29) is 22.6 Å². The normalized spacial score (nSPS) is 34.8. The van der Waals surface area contributed by atoms with Gasteiger partial charge < -0.3 is 5.32 Å². The fraction of sp³-hybridized carbons (Fsp3) is 0.889. The monoisotopic (exact) mass is 219 g/mol. The number of nitrogens with one attached hydrogen (secondary N) is 1.